The second kappa shape index (κ2) is 25.2. The summed E-state index contributed by atoms with van der Waals surface area (Å²) in [5.74, 6) is 3.07. The molecule has 0 radical (unpaired) electrons. The van der Waals surface area contributed by atoms with Gasteiger partial charge in [-0.2, -0.15) is 8.61 Å². The Morgan fingerprint density at radius 1 is 0.608 bits per heavy atom. The number of piperidine rings is 2. The number of thioether (sulfide) groups is 2. The Bertz CT molecular complexity index is 3110. The Labute approximate surface area is 448 Å². The molecule has 3 fully saturated rings. The molecule has 5 heterocycles. The van der Waals surface area contributed by atoms with Crippen molar-refractivity contribution in [1.29, 1.82) is 0 Å². The highest BCUT2D eigenvalue weighted by Crippen LogP contribution is 2.45. The number of nitro groups is 1. The number of rotatable bonds is 18. The van der Waals surface area contributed by atoms with Gasteiger partial charge in [-0.25, -0.2) is 16.8 Å². The van der Waals surface area contributed by atoms with E-state index < -0.39 is 30.9 Å². The lowest BCUT2D eigenvalue weighted by Gasteiger charge is -2.31. The summed E-state index contributed by atoms with van der Waals surface area (Å²) in [6.45, 7) is 2.15. The van der Waals surface area contributed by atoms with Gasteiger partial charge in [0.2, 0.25) is 0 Å². The molecule has 74 heavy (non-hydrogen) atoms. The monoisotopic (exact) mass is 1120 g/mol. The van der Waals surface area contributed by atoms with Crippen LogP contribution < -0.4 is 30.7 Å². The molecule has 0 spiro atoms. The van der Waals surface area contributed by atoms with Crippen LogP contribution in [-0.4, -0.2) is 106 Å². The van der Waals surface area contributed by atoms with Crippen LogP contribution in [0, 0.1) is 10.1 Å². The van der Waals surface area contributed by atoms with E-state index in [1.54, 1.807) is 67.1 Å². The predicted molar refractivity (Wildman–Crippen MR) is 295 cm³/mol. The maximum absolute atomic E-state index is 13.3. The number of nitro benzene ring substituents is 1. The van der Waals surface area contributed by atoms with Crippen LogP contribution in [0.2, 0.25) is 0 Å². The molecule has 3 aliphatic heterocycles. The molecule has 6 aromatic rings. The van der Waals surface area contributed by atoms with Crippen molar-refractivity contribution in [2.75, 3.05) is 62.5 Å². The molecule has 0 unspecified atom stereocenters. The van der Waals surface area contributed by atoms with Crippen molar-refractivity contribution in [1.82, 2.24) is 19.2 Å². The van der Waals surface area contributed by atoms with Crippen LogP contribution >= 0.6 is 46.2 Å². The van der Waals surface area contributed by atoms with Crippen LogP contribution in [0.5, 0.6) is 11.5 Å². The Morgan fingerprint density at radius 2 is 1.08 bits per heavy atom. The number of non-ortho nitro benzene ring substituents is 1. The Kier molecular flexibility index (Phi) is 18.6. The van der Waals surface area contributed by atoms with Crippen molar-refractivity contribution in [2.24, 2.45) is 0 Å². The van der Waals surface area contributed by atoms with E-state index >= 15 is 0 Å². The lowest BCUT2D eigenvalue weighted by atomic mass is 10.1. The number of ether oxygens (including phenoxy) is 2. The average molecular weight is 1120 g/mol. The summed E-state index contributed by atoms with van der Waals surface area (Å²) in [5.41, 5.74) is 3.86. The van der Waals surface area contributed by atoms with E-state index in [4.69, 9.17) is 9.47 Å². The maximum Gasteiger partial charge on any atom is 0.270 e. The third-order valence-corrected chi connectivity index (χ3v) is 22.5. The van der Waals surface area contributed by atoms with Crippen molar-refractivity contribution in [3.05, 3.63) is 158 Å². The lowest BCUT2D eigenvalue weighted by molar-refractivity contribution is -0.384. The van der Waals surface area contributed by atoms with Crippen molar-refractivity contribution in [3.8, 4) is 11.5 Å². The number of carbonyl (C=O) groups excluding carboxylic acids is 2. The number of methoxy groups -OCH3 is 2. The quantitative estimate of drug-likeness (QED) is 0.0466. The SMILES string of the molecule is COc1cccc(NC2CCN(S(=O)(=O)c3ccc(CNC(=O)c4cccc(OC)c4)s3)CC2)c1.O=C(NCc1ccc(S(=O)(=O)N2CCC(Nc3ccc(C4SCCS4)cc3)CC2)s1)c1cccc([N+](=O)[O-])c1. The van der Waals surface area contributed by atoms with Gasteiger partial charge < -0.3 is 30.7 Å². The van der Waals surface area contributed by atoms with Gasteiger partial charge in [0.15, 0.2) is 0 Å². The maximum atomic E-state index is 13.3. The molecule has 9 rings (SSSR count). The summed E-state index contributed by atoms with van der Waals surface area (Å²) in [4.78, 5) is 36.7. The lowest BCUT2D eigenvalue weighted by Crippen LogP contribution is -2.42. The van der Waals surface area contributed by atoms with E-state index in [2.05, 4.69) is 45.5 Å². The molecule has 23 heteroatoms. The predicted octanol–water partition coefficient (Wildman–Crippen LogP) is 9.29. The summed E-state index contributed by atoms with van der Waals surface area (Å²) in [7, 11) is -4.02. The molecule has 4 aromatic carbocycles. The van der Waals surface area contributed by atoms with Crippen LogP contribution in [0.4, 0.5) is 17.1 Å². The fourth-order valence-corrected chi connectivity index (χ4v) is 17.2. The summed E-state index contributed by atoms with van der Waals surface area (Å²) < 4.78 is 67.4. The molecule has 0 atom stereocenters. The van der Waals surface area contributed by atoms with E-state index in [0.29, 0.717) is 76.8 Å². The molecular weight excluding hydrogens is 1060 g/mol. The number of amides is 2. The van der Waals surface area contributed by atoms with Crippen LogP contribution in [-0.2, 0) is 33.1 Å². The first-order valence-corrected chi connectivity index (χ1v) is 30.4. The number of nitrogens with zero attached hydrogens (tertiary/aromatic N) is 3. The number of thiophene rings is 2. The van der Waals surface area contributed by atoms with Crippen molar-refractivity contribution in [2.45, 2.75) is 63.9 Å². The molecule has 2 aromatic heterocycles. The van der Waals surface area contributed by atoms with E-state index in [9.17, 15) is 36.5 Å². The van der Waals surface area contributed by atoms with Gasteiger partial charge >= 0.3 is 0 Å². The van der Waals surface area contributed by atoms with Crippen molar-refractivity contribution < 1.29 is 40.8 Å². The Hall–Kier alpha value is -5.66. The first-order valence-electron chi connectivity index (χ1n) is 23.8. The number of hydrogen-bond donors (Lipinski definition) is 4. The smallest absolute Gasteiger partial charge is 0.270 e. The van der Waals surface area contributed by atoms with Gasteiger partial charge in [-0.3, -0.25) is 19.7 Å². The third-order valence-electron chi connectivity index (χ3n) is 12.5. The normalized spacial score (nSPS) is 16.1. The molecular formula is C51H57N7O10S6. The number of sulfonamides is 2. The van der Waals surface area contributed by atoms with Gasteiger partial charge in [0.1, 0.15) is 19.9 Å². The third kappa shape index (κ3) is 14.2. The fraction of sp³-hybridized carbons (Fsp3) is 0.333. The van der Waals surface area contributed by atoms with E-state index in [-0.39, 0.29) is 46.5 Å². The number of anilines is 2. The average Bonchev–Trinajstić information content (AvgIpc) is 4.25. The van der Waals surface area contributed by atoms with Crippen molar-refractivity contribution >= 4 is 95.1 Å². The molecule has 392 valence electrons. The van der Waals surface area contributed by atoms with Gasteiger partial charge in [0.05, 0.1) is 36.8 Å². The minimum Gasteiger partial charge on any atom is -0.497 e. The van der Waals surface area contributed by atoms with Crippen LogP contribution in [0.15, 0.2) is 130 Å². The van der Waals surface area contributed by atoms with Gasteiger partial charge in [-0.15, -0.1) is 46.2 Å². The van der Waals surface area contributed by atoms with Gasteiger partial charge in [0, 0.05) is 100 Å². The van der Waals surface area contributed by atoms with Crippen LogP contribution in [0.25, 0.3) is 0 Å². The number of hydrogen-bond acceptors (Lipinski definition) is 16. The molecule has 3 aliphatic rings. The number of benzene rings is 4. The highest BCUT2D eigenvalue weighted by Gasteiger charge is 2.32. The summed E-state index contributed by atoms with van der Waals surface area (Å²) in [5, 5.41) is 23.5. The minimum absolute atomic E-state index is 0.130. The molecule has 0 aliphatic carbocycles. The minimum atomic E-state index is -3.63. The highest BCUT2D eigenvalue weighted by molar-refractivity contribution is 8.19. The zero-order chi connectivity index (χ0) is 52.2. The first-order chi connectivity index (χ1) is 35.7. The second-order valence-electron chi connectivity index (χ2n) is 17.4. The summed E-state index contributed by atoms with van der Waals surface area (Å²) in [6, 6.07) is 35.7. The van der Waals surface area contributed by atoms with Gasteiger partial charge in [0.25, 0.3) is 37.5 Å². The topological polar surface area (TPSA) is 219 Å². The standard InChI is InChI=1S/C26H28N4O5S4.C25H29N3O5S2/c31-25(19-2-1-3-22(16-19)30(32)33)27-17-23-8-9-24(38-23)39(34,35)29-12-10-21(11-13-29)28-20-6-4-18(5-7-20)26-36-14-15-37-26;1-32-21-7-3-5-18(15-21)25(29)26-17-23-9-10-24(34-23)35(30,31)28-13-11-19(12-14-28)27-20-6-4-8-22(16-20)33-2/h1-9,16,21,26,28H,10-15,17H2,(H,27,31);3-10,15-16,19,27H,11-14,17H2,1-2H3,(H,26,29). The molecule has 4 N–H and O–H groups in total. The largest absolute Gasteiger partial charge is 0.497 e. The summed E-state index contributed by atoms with van der Waals surface area (Å²) in [6.07, 6.45) is 2.86. The number of nitrogens with one attached hydrogen (secondary N) is 4. The van der Waals surface area contributed by atoms with Gasteiger partial charge in [-0.1, -0.05) is 30.3 Å². The molecule has 3 saturated heterocycles. The molecule has 2 amide bonds. The molecule has 17 nitrogen and oxygen atoms in total. The van der Waals surface area contributed by atoms with E-state index in [1.807, 2.05) is 47.8 Å². The zero-order valence-electron chi connectivity index (χ0n) is 40.6. The fourth-order valence-electron chi connectivity index (χ4n) is 8.45. The highest BCUT2D eigenvalue weighted by atomic mass is 32.3. The Balaban J connectivity index is 0.000000198. The van der Waals surface area contributed by atoms with E-state index in [1.165, 1.54) is 57.0 Å². The van der Waals surface area contributed by atoms with Crippen molar-refractivity contribution in [3.63, 3.8) is 0 Å². The number of carbonyl (C=O) groups is 2. The Morgan fingerprint density at radius 3 is 1.59 bits per heavy atom. The summed E-state index contributed by atoms with van der Waals surface area (Å²) >= 11 is 6.28. The van der Waals surface area contributed by atoms with Crippen LogP contribution in [0.3, 0.4) is 0 Å². The first kappa shape index (κ1) is 54.6. The van der Waals surface area contributed by atoms with Gasteiger partial charge in [-0.05, 0) is 104 Å². The molecule has 0 bridgehead atoms. The zero-order valence-corrected chi connectivity index (χ0v) is 45.5. The van der Waals surface area contributed by atoms with E-state index in [0.717, 1.165) is 33.3 Å². The van der Waals surface area contributed by atoms with Crippen LogP contribution in [0.1, 0.15) is 66.3 Å². The molecule has 0 saturated carbocycles. The second-order valence-corrected chi connectivity index (χ2v) is 26.8.